The van der Waals surface area contributed by atoms with Gasteiger partial charge in [0.25, 0.3) is 0 Å². The lowest BCUT2D eigenvalue weighted by Crippen LogP contribution is -2.30. The minimum Gasteiger partial charge on any atom is -0.273 e. The van der Waals surface area contributed by atoms with Gasteiger partial charge in [0.15, 0.2) is 0 Å². The summed E-state index contributed by atoms with van der Waals surface area (Å²) < 4.78 is 1.90. The molecule has 19 heavy (non-hydrogen) atoms. The van der Waals surface area contributed by atoms with E-state index in [0.29, 0.717) is 0 Å². The Balaban J connectivity index is 2.10. The first-order valence-corrected chi connectivity index (χ1v) is 6.63. The molecule has 0 saturated heterocycles. The van der Waals surface area contributed by atoms with Crippen LogP contribution in [0.4, 0.5) is 0 Å². The molecule has 0 saturated carbocycles. The highest BCUT2D eigenvalue weighted by Crippen LogP contribution is 2.20. The Morgan fingerprint density at radius 2 is 2.21 bits per heavy atom. The van der Waals surface area contributed by atoms with Gasteiger partial charge in [-0.25, -0.2) is 0 Å². The van der Waals surface area contributed by atoms with Crippen molar-refractivity contribution in [3.63, 3.8) is 0 Å². The predicted molar refractivity (Wildman–Crippen MR) is 75.2 cm³/mol. The Morgan fingerprint density at radius 1 is 1.37 bits per heavy atom. The zero-order valence-corrected chi connectivity index (χ0v) is 11.5. The fraction of sp³-hybridized carbons (Fsp3) is 0.429. The van der Waals surface area contributed by atoms with Gasteiger partial charge >= 0.3 is 0 Å². The van der Waals surface area contributed by atoms with Crippen molar-refractivity contribution in [2.45, 2.75) is 32.2 Å². The molecule has 5 heteroatoms. The summed E-state index contributed by atoms with van der Waals surface area (Å²) in [6.45, 7) is 2.13. The number of nitrogens with one attached hydrogen (secondary N) is 1. The van der Waals surface area contributed by atoms with Crippen molar-refractivity contribution >= 4 is 0 Å². The number of rotatable bonds is 6. The van der Waals surface area contributed by atoms with Crippen LogP contribution in [-0.2, 0) is 19.9 Å². The zero-order valence-electron chi connectivity index (χ0n) is 11.5. The molecule has 102 valence electrons. The maximum absolute atomic E-state index is 5.69. The highest BCUT2D eigenvalue weighted by atomic mass is 15.3. The van der Waals surface area contributed by atoms with E-state index >= 15 is 0 Å². The van der Waals surface area contributed by atoms with Gasteiger partial charge in [-0.15, -0.1) is 0 Å². The minimum absolute atomic E-state index is 0.0750. The second-order valence-corrected chi connectivity index (χ2v) is 4.61. The van der Waals surface area contributed by atoms with Crippen LogP contribution in [0.15, 0.2) is 30.6 Å². The van der Waals surface area contributed by atoms with Crippen molar-refractivity contribution in [1.29, 1.82) is 0 Å². The van der Waals surface area contributed by atoms with Crippen LogP contribution in [0.3, 0.4) is 0 Å². The van der Waals surface area contributed by atoms with Crippen molar-refractivity contribution in [1.82, 2.24) is 20.2 Å². The molecule has 1 atom stereocenters. The average molecular weight is 259 g/mol. The van der Waals surface area contributed by atoms with E-state index in [1.165, 1.54) is 11.3 Å². The van der Waals surface area contributed by atoms with E-state index in [4.69, 9.17) is 5.84 Å². The molecule has 0 aromatic carbocycles. The summed E-state index contributed by atoms with van der Waals surface area (Å²) in [7, 11) is 1.96. The fourth-order valence-electron chi connectivity index (χ4n) is 2.30. The number of nitrogens with two attached hydrogens (primary N) is 1. The molecule has 0 bridgehead atoms. The van der Waals surface area contributed by atoms with Crippen molar-refractivity contribution in [3.8, 4) is 0 Å². The van der Waals surface area contributed by atoms with Crippen LogP contribution < -0.4 is 11.3 Å². The van der Waals surface area contributed by atoms with E-state index in [1.54, 1.807) is 0 Å². The molecule has 2 rings (SSSR count). The smallest absolute Gasteiger partial charge is 0.0638 e. The minimum atomic E-state index is 0.0750. The summed E-state index contributed by atoms with van der Waals surface area (Å²) in [4.78, 5) is 4.48. The van der Waals surface area contributed by atoms with Crippen LogP contribution in [0.5, 0.6) is 0 Å². The summed E-state index contributed by atoms with van der Waals surface area (Å²) in [6, 6.07) is 6.19. The Bertz CT molecular complexity index is 520. The van der Waals surface area contributed by atoms with Gasteiger partial charge in [0.05, 0.1) is 11.7 Å². The topological polar surface area (TPSA) is 68.8 Å². The largest absolute Gasteiger partial charge is 0.273 e. The third kappa shape index (κ3) is 3.19. The summed E-state index contributed by atoms with van der Waals surface area (Å²) in [6.07, 6.45) is 6.43. The number of nitrogens with zero attached hydrogens (tertiary/aromatic N) is 3. The van der Waals surface area contributed by atoms with Gasteiger partial charge in [0, 0.05) is 25.1 Å². The number of aryl methyl sites for hydroxylation is 3. The van der Waals surface area contributed by atoms with Gasteiger partial charge in [-0.2, -0.15) is 5.10 Å². The van der Waals surface area contributed by atoms with Crippen LogP contribution in [0, 0.1) is 0 Å². The van der Waals surface area contributed by atoms with E-state index in [-0.39, 0.29) is 6.04 Å². The van der Waals surface area contributed by atoms with Gasteiger partial charge in [-0.05, 0) is 37.0 Å². The molecule has 0 spiro atoms. The van der Waals surface area contributed by atoms with Crippen molar-refractivity contribution in [2.75, 3.05) is 0 Å². The Labute approximate surface area is 113 Å². The first kappa shape index (κ1) is 13.7. The van der Waals surface area contributed by atoms with E-state index < -0.39 is 0 Å². The second kappa shape index (κ2) is 6.45. The molecule has 5 nitrogen and oxygen atoms in total. The average Bonchev–Trinajstić information content (AvgIpc) is 2.85. The number of hydrazine groups is 1. The lowest BCUT2D eigenvalue weighted by molar-refractivity contribution is 0.492. The maximum atomic E-state index is 5.69. The predicted octanol–water partition coefficient (Wildman–Crippen LogP) is 1.51. The van der Waals surface area contributed by atoms with Gasteiger partial charge < -0.3 is 0 Å². The standard InChI is InChI=1S/C14H21N5/c1-3-11-5-4-9-16-14(11)13(18-15)7-6-12-8-10-17-19(12)2/h4-5,8-10,13,18H,3,6-7,15H2,1-2H3. The zero-order chi connectivity index (χ0) is 13.7. The van der Waals surface area contributed by atoms with Crippen LogP contribution in [0.1, 0.15) is 36.3 Å². The molecule has 0 aliphatic heterocycles. The lowest BCUT2D eigenvalue weighted by Gasteiger charge is -2.18. The number of pyridine rings is 1. The van der Waals surface area contributed by atoms with Gasteiger partial charge in [0.1, 0.15) is 0 Å². The summed E-state index contributed by atoms with van der Waals surface area (Å²) >= 11 is 0. The number of hydrogen-bond donors (Lipinski definition) is 2. The second-order valence-electron chi connectivity index (χ2n) is 4.61. The first-order valence-electron chi connectivity index (χ1n) is 6.63. The SMILES string of the molecule is CCc1cccnc1C(CCc1ccnn1C)NN. The first-order chi connectivity index (χ1) is 9.26. The molecule has 2 aromatic heterocycles. The third-order valence-electron chi connectivity index (χ3n) is 3.45. The highest BCUT2D eigenvalue weighted by Gasteiger charge is 2.15. The normalized spacial score (nSPS) is 12.6. The van der Waals surface area contributed by atoms with E-state index in [9.17, 15) is 0 Å². The third-order valence-corrected chi connectivity index (χ3v) is 3.45. The quantitative estimate of drug-likeness (QED) is 0.609. The molecule has 2 aromatic rings. The van der Waals surface area contributed by atoms with Crippen LogP contribution in [-0.4, -0.2) is 14.8 Å². The van der Waals surface area contributed by atoms with E-state index in [1.807, 2.05) is 36.3 Å². The molecule has 0 radical (unpaired) electrons. The lowest BCUT2D eigenvalue weighted by atomic mass is 10.0. The molecule has 0 aliphatic carbocycles. The van der Waals surface area contributed by atoms with Gasteiger partial charge in [-0.1, -0.05) is 13.0 Å². The van der Waals surface area contributed by atoms with Crippen molar-refractivity contribution in [2.24, 2.45) is 12.9 Å². The Hall–Kier alpha value is -1.72. The number of aromatic nitrogens is 3. The van der Waals surface area contributed by atoms with Crippen LogP contribution in [0.25, 0.3) is 0 Å². The molecule has 3 N–H and O–H groups in total. The van der Waals surface area contributed by atoms with Gasteiger partial charge in [0.2, 0.25) is 0 Å². The highest BCUT2D eigenvalue weighted by molar-refractivity contribution is 5.23. The van der Waals surface area contributed by atoms with Crippen molar-refractivity contribution < 1.29 is 0 Å². The Morgan fingerprint density at radius 3 is 2.84 bits per heavy atom. The molecular formula is C14H21N5. The summed E-state index contributed by atoms with van der Waals surface area (Å²) in [5, 5.41) is 4.18. The molecule has 0 aliphatic rings. The monoisotopic (exact) mass is 259 g/mol. The van der Waals surface area contributed by atoms with E-state index in [0.717, 1.165) is 25.0 Å². The van der Waals surface area contributed by atoms with Crippen LogP contribution >= 0.6 is 0 Å². The fourth-order valence-corrected chi connectivity index (χ4v) is 2.30. The molecular weight excluding hydrogens is 238 g/mol. The van der Waals surface area contributed by atoms with Crippen molar-refractivity contribution in [3.05, 3.63) is 47.5 Å². The Kier molecular flexibility index (Phi) is 4.65. The summed E-state index contributed by atoms with van der Waals surface area (Å²) in [5.41, 5.74) is 6.38. The molecule has 0 amide bonds. The summed E-state index contributed by atoms with van der Waals surface area (Å²) in [5.74, 6) is 5.69. The maximum Gasteiger partial charge on any atom is 0.0638 e. The molecule has 1 unspecified atom stereocenters. The van der Waals surface area contributed by atoms with E-state index in [2.05, 4.69) is 28.5 Å². The van der Waals surface area contributed by atoms with Gasteiger partial charge in [-0.3, -0.25) is 20.9 Å². The number of hydrogen-bond acceptors (Lipinski definition) is 4. The van der Waals surface area contributed by atoms with Crippen LogP contribution in [0.2, 0.25) is 0 Å². The molecule has 2 heterocycles. The molecule has 0 fully saturated rings.